The maximum absolute atomic E-state index is 13.1. The van der Waals surface area contributed by atoms with Crippen LogP contribution in [0.5, 0.6) is 0 Å². The first-order valence-electron chi connectivity index (χ1n) is 10.3. The van der Waals surface area contributed by atoms with Gasteiger partial charge in [0.05, 0.1) is 38.6 Å². The molecule has 0 fully saturated rings. The molecular formula is C24H18N4O4S2. The lowest BCUT2D eigenvalue weighted by Crippen LogP contribution is -2.22. The summed E-state index contributed by atoms with van der Waals surface area (Å²) in [4.78, 5) is 36.7. The number of rotatable bonds is 6. The lowest BCUT2D eigenvalue weighted by Gasteiger charge is -2.17. The third-order valence-electron chi connectivity index (χ3n) is 5.02. The van der Waals surface area contributed by atoms with Gasteiger partial charge in [-0.05, 0) is 36.6 Å². The molecule has 0 saturated carbocycles. The molecule has 1 aromatic carbocycles. The zero-order chi connectivity index (χ0) is 23.7. The molecule has 0 radical (unpaired) electrons. The molecule has 170 valence electrons. The number of ether oxygens (including phenoxy) is 1. The second-order valence-corrected chi connectivity index (χ2v) is 9.15. The quantitative estimate of drug-likeness (QED) is 0.279. The van der Waals surface area contributed by atoms with E-state index < -0.39 is 5.97 Å². The topological polar surface area (TPSA) is 98.4 Å². The van der Waals surface area contributed by atoms with E-state index >= 15 is 0 Å². The van der Waals surface area contributed by atoms with Crippen LogP contribution in [0.15, 0.2) is 63.8 Å². The fraction of sp³-hybridized carbons (Fsp3) is 0.125. The van der Waals surface area contributed by atoms with Crippen molar-refractivity contribution < 1.29 is 18.8 Å². The average molecular weight is 491 g/mol. The summed E-state index contributed by atoms with van der Waals surface area (Å²) in [7, 11) is 0. The molecule has 0 N–H and O–H groups in total. The number of carbonyl (C=O) groups excluding carboxylic acids is 2. The Balaban J connectivity index is 1.39. The molecule has 10 heteroatoms. The number of carbonyl (C=O) groups is 2. The van der Waals surface area contributed by atoms with Gasteiger partial charge in [-0.25, -0.2) is 14.8 Å². The predicted molar refractivity (Wildman–Crippen MR) is 130 cm³/mol. The fourth-order valence-electron chi connectivity index (χ4n) is 3.49. The molecule has 0 spiro atoms. The van der Waals surface area contributed by atoms with E-state index in [2.05, 4.69) is 15.1 Å². The van der Waals surface area contributed by atoms with Gasteiger partial charge in [-0.2, -0.15) is 0 Å². The Bertz CT molecular complexity index is 1480. The largest absolute Gasteiger partial charge is 0.456 e. The highest BCUT2D eigenvalue weighted by Crippen LogP contribution is 2.31. The highest BCUT2D eigenvalue weighted by molar-refractivity contribution is 7.14. The second kappa shape index (κ2) is 9.16. The molecule has 0 bridgehead atoms. The number of hydrogen-bond donors (Lipinski definition) is 0. The third kappa shape index (κ3) is 4.20. The Labute approximate surface area is 202 Å². The number of pyridine rings is 1. The van der Waals surface area contributed by atoms with E-state index in [-0.39, 0.29) is 18.2 Å². The maximum atomic E-state index is 13.1. The number of aryl methyl sites for hydroxylation is 1. The van der Waals surface area contributed by atoms with E-state index in [1.165, 1.54) is 34.5 Å². The molecule has 0 aliphatic carbocycles. The number of thiophene rings is 1. The minimum atomic E-state index is -0.530. The molecule has 5 aromatic rings. The smallest absolute Gasteiger partial charge is 0.339 e. The Morgan fingerprint density at radius 1 is 1.09 bits per heavy atom. The summed E-state index contributed by atoms with van der Waals surface area (Å²) in [6.45, 7) is 3.19. The number of benzene rings is 1. The Morgan fingerprint density at radius 2 is 1.91 bits per heavy atom. The van der Waals surface area contributed by atoms with Crippen molar-refractivity contribution in [3.05, 3.63) is 76.2 Å². The van der Waals surface area contributed by atoms with Crippen molar-refractivity contribution in [3.8, 4) is 10.6 Å². The van der Waals surface area contributed by atoms with Gasteiger partial charge < -0.3 is 9.26 Å². The van der Waals surface area contributed by atoms with Gasteiger partial charge in [-0.15, -0.1) is 22.7 Å². The van der Waals surface area contributed by atoms with Crippen molar-refractivity contribution in [1.29, 1.82) is 0 Å². The van der Waals surface area contributed by atoms with E-state index in [4.69, 9.17) is 9.26 Å². The molecule has 4 heterocycles. The van der Waals surface area contributed by atoms with Gasteiger partial charge in [0, 0.05) is 12.3 Å². The lowest BCUT2D eigenvalue weighted by atomic mass is 10.1. The fourth-order valence-corrected chi connectivity index (χ4v) is 5.05. The second-order valence-electron chi connectivity index (χ2n) is 7.37. The molecule has 5 rings (SSSR count). The normalized spacial score (nSPS) is 11.0. The van der Waals surface area contributed by atoms with Crippen LogP contribution >= 0.6 is 22.7 Å². The van der Waals surface area contributed by atoms with E-state index in [9.17, 15) is 9.59 Å². The minimum Gasteiger partial charge on any atom is -0.456 e. The Morgan fingerprint density at radius 3 is 2.65 bits per heavy atom. The third-order valence-corrected chi connectivity index (χ3v) is 6.79. The number of para-hydroxylation sites is 1. The van der Waals surface area contributed by atoms with Crippen molar-refractivity contribution >= 4 is 56.5 Å². The van der Waals surface area contributed by atoms with Crippen molar-refractivity contribution in [3.63, 3.8) is 0 Å². The van der Waals surface area contributed by atoms with Crippen LogP contribution in [-0.4, -0.2) is 27.0 Å². The molecule has 0 aliphatic rings. The average Bonchev–Trinajstić information content (AvgIpc) is 3.60. The van der Waals surface area contributed by atoms with Crippen LogP contribution < -0.4 is 4.90 Å². The number of thiazole rings is 1. The van der Waals surface area contributed by atoms with Crippen LogP contribution in [0.3, 0.4) is 0 Å². The number of anilines is 2. The summed E-state index contributed by atoms with van der Waals surface area (Å²) in [5.41, 5.74) is 3.05. The Kier molecular flexibility index (Phi) is 5.91. The van der Waals surface area contributed by atoms with Crippen molar-refractivity contribution in [2.75, 3.05) is 4.90 Å². The molecule has 8 nitrogen and oxygen atoms in total. The summed E-state index contributed by atoms with van der Waals surface area (Å²) in [6.07, 6.45) is 0. The number of aromatic nitrogens is 3. The Hall–Kier alpha value is -3.89. The zero-order valence-electron chi connectivity index (χ0n) is 18.2. The number of amides is 1. The van der Waals surface area contributed by atoms with E-state index in [1.807, 2.05) is 47.8 Å². The first-order valence-corrected chi connectivity index (χ1v) is 12.1. The number of hydrogen-bond acceptors (Lipinski definition) is 9. The summed E-state index contributed by atoms with van der Waals surface area (Å²) in [5.74, 6) is -0.690. The van der Waals surface area contributed by atoms with Gasteiger partial charge in [-0.1, -0.05) is 29.4 Å². The van der Waals surface area contributed by atoms with Gasteiger partial charge in [-0.3, -0.25) is 9.69 Å². The molecule has 0 unspecified atom stereocenters. The molecule has 0 saturated heterocycles. The first-order chi connectivity index (χ1) is 16.5. The SMILES string of the molecule is CC(=O)N(c1ccccc1)c1nc(COC(=O)c2cc(-c3cccs3)nc3onc(C)c23)cs1. The summed E-state index contributed by atoms with van der Waals surface area (Å²) >= 11 is 2.81. The van der Waals surface area contributed by atoms with Gasteiger partial charge in [0.1, 0.15) is 6.61 Å². The van der Waals surface area contributed by atoms with Gasteiger partial charge in [0.15, 0.2) is 5.13 Å². The predicted octanol–water partition coefficient (Wildman–Crippen LogP) is 5.76. The first kappa shape index (κ1) is 21.9. The van der Waals surface area contributed by atoms with Crippen LogP contribution in [0.2, 0.25) is 0 Å². The number of fused-ring (bicyclic) bond motifs is 1. The van der Waals surface area contributed by atoms with Crippen molar-refractivity contribution in [2.45, 2.75) is 20.5 Å². The number of nitrogens with zero attached hydrogens (tertiary/aromatic N) is 4. The zero-order valence-corrected chi connectivity index (χ0v) is 19.9. The summed E-state index contributed by atoms with van der Waals surface area (Å²) in [5, 5.41) is 8.69. The van der Waals surface area contributed by atoms with Crippen LogP contribution in [0.4, 0.5) is 10.8 Å². The number of esters is 1. The highest BCUT2D eigenvalue weighted by Gasteiger charge is 2.22. The van der Waals surface area contributed by atoms with Gasteiger partial charge in [0.2, 0.25) is 5.91 Å². The van der Waals surface area contributed by atoms with Crippen molar-refractivity contribution in [1.82, 2.24) is 15.1 Å². The van der Waals surface area contributed by atoms with Crippen LogP contribution in [0, 0.1) is 6.92 Å². The minimum absolute atomic E-state index is 0.0433. The molecule has 4 aromatic heterocycles. The summed E-state index contributed by atoms with van der Waals surface area (Å²) in [6, 6.07) is 14.8. The standard InChI is InChI=1S/C24H18N4O4S2/c1-14-21-18(11-19(20-9-6-10-33-20)26-22(21)32-27-14)23(30)31-12-16-13-34-24(25-16)28(15(2)29)17-7-4-3-5-8-17/h3-11,13H,12H2,1-2H3. The molecule has 0 atom stereocenters. The van der Waals surface area contributed by atoms with Crippen LogP contribution in [-0.2, 0) is 16.1 Å². The van der Waals surface area contributed by atoms with Crippen molar-refractivity contribution in [2.24, 2.45) is 0 Å². The molecule has 1 amide bonds. The lowest BCUT2D eigenvalue weighted by molar-refractivity contribution is -0.115. The summed E-state index contributed by atoms with van der Waals surface area (Å²) < 4.78 is 10.9. The van der Waals surface area contributed by atoms with E-state index in [0.29, 0.717) is 33.2 Å². The molecule has 34 heavy (non-hydrogen) atoms. The van der Waals surface area contributed by atoms with Gasteiger partial charge in [0.25, 0.3) is 5.71 Å². The van der Waals surface area contributed by atoms with E-state index in [1.54, 1.807) is 18.4 Å². The van der Waals surface area contributed by atoms with Crippen LogP contribution in [0.1, 0.15) is 28.7 Å². The monoisotopic (exact) mass is 490 g/mol. The molecular weight excluding hydrogens is 472 g/mol. The maximum Gasteiger partial charge on any atom is 0.339 e. The van der Waals surface area contributed by atoms with Crippen LogP contribution in [0.25, 0.3) is 21.7 Å². The van der Waals surface area contributed by atoms with E-state index in [0.717, 1.165) is 10.6 Å². The highest BCUT2D eigenvalue weighted by atomic mass is 32.1. The molecule has 0 aliphatic heterocycles. The van der Waals surface area contributed by atoms with Gasteiger partial charge >= 0.3 is 5.97 Å².